The predicted octanol–water partition coefficient (Wildman–Crippen LogP) is 0.555. The van der Waals surface area contributed by atoms with E-state index in [4.69, 9.17) is 4.74 Å². The topological polar surface area (TPSA) is 67.9 Å². The molecule has 1 aliphatic heterocycles. The van der Waals surface area contributed by atoms with Crippen molar-refractivity contribution in [2.75, 3.05) is 33.4 Å². The Kier molecular flexibility index (Phi) is 7.54. The van der Waals surface area contributed by atoms with Crippen LogP contribution >= 0.6 is 0 Å². The molecule has 0 aromatic carbocycles. The summed E-state index contributed by atoms with van der Waals surface area (Å²) in [4.78, 5) is 25.5. The summed E-state index contributed by atoms with van der Waals surface area (Å²) in [5.41, 5.74) is 0. The third kappa shape index (κ3) is 5.09. The van der Waals surface area contributed by atoms with Crippen molar-refractivity contribution in [3.8, 4) is 0 Å². The average Bonchev–Trinajstić information content (AvgIpc) is 2.49. The second kappa shape index (κ2) is 8.92. The van der Waals surface area contributed by atoms with Gasteiger partial charge in [-0.15, -0.1) is 0 Å². The van der Waals surface area contributed by atoms with E-state index in [0.29, 0.717) is 26.2 Å². The van der Waals surface area contributed by atoms with E-state index in [-0.39, 0.29) is 17.9 Å². The maximum absolute atomic E-state index is 12.0. The first-order chi connectivity index (χ1) is 9.60. The van der Waals surface area contributed by atoms with Gasteiger partial charge in [0, 0.05) is 19.6 Å². The van der Waals surface area contributed by atoms with Crippen LogP contribution in [0.4, 0.5) is 0 Å². The Morgan fingerprint density at radius 2 is 2.20 bits per heavy atom. The van der Waals surface area contributed by atoms with Crippen molar-refractivity contribution >= 4 is 11.9 Å². The quantitative estimate of drug-likeness (QED) is 0.547. The fourth-order valence-electron chi connectivity index (χ4n) is 2.20. The Labute approximate surface area is 120 Å². The molecule has 0 spiro atoms. The van der Waals surface area contributed by atoms with Crippen molar-refractivity contribution in [2.24, 2.45) is 0 Å². The van der Waals surface area contributed by atoms with E-state index in [2.05, 4.69) is 17.0 Å². The first kappa shape index (κ1) is 16.9. The molecule has 1 amide bonds. The van der Waals surface area contributed by atoms with Crippen LogP contribution < -0.4 is 5.32 Å². The van der Waals surface area contributed by atoms with Crippen LogP contribution in [0.15, 0.2) is 0 Å². The Hall–Kier alpha value is -1.14. The Morgan fingerprint density at radius 1 is 1.45 bits per heavy atom. The molecule has 0 aromatic rings. The zero-order valence-electron chi connectivity index (χ0n) is 12.7. The van der Waals surface area contributed by atoms with Crippen molar-refractivity contribution in [1.29, 1.82) is 0 Å². The van der Waals surface area contributed by atoms with Crippen LogP contribution in [0.5, 0.6) is 0 Å². The van der Waals surface area contributed by atoms with Gasteiger partial charge >= 0.3 is 5.97 Å². The van der Waals surface area contributed by atoms with Crippen LogP contribution in [-0.2, 0) is 19.1 Å². The summed E-state index contributed by atoms with van der Waals surface area (Å²) >= 11 is 0. The van der Waals surface area contributed by atoms with Gasteiger partial charge in [0.25, 0.3) is 0 Å². The lowest BCUT2D eigenvalue weighted by Gasteiger charge is -2.34. The molecule has 6 nitrogen and oxygen atoms in total. The summed E-state index contributed by atoms with van der Waals surface area (Å²) in [7, 11) is 1.34. The summed E-state index contributed by atoms with van der Waals surface area (Å²) in [5.74, 6) is -0.378. The van der Waals surface area contributed by atoms with Gasteiger partial charge in [-0.05, 0) is 13.3 Å². The molecule has 1 rings (SSSR count). The minimum absolute atomic E-state index is 0.00613. The lowest BCUT2D eigenvalue weighted by molar-refractivity contribution is -0.161. The third-order valence-electron chi connectivity index (χ3n) is 3.57. The molecule has 1 heterocycles. The first-order valence-electron chi connectivity index (χ1n) is 7.31. The van der Waals surface area contributed by atoms with Gasteiger partial charge < -0.3 is 14.8 Å². The van der Waals surface area contributed by atoms with Gasteiger partial charge in [-0.3, -0.25) is 9.69 Å². The molecule has 0 bridgehead atoms. The Bertz CT molecular complexity index is 322. The maximum Gasteiger partial charge on any atom is 0.336 e. The van der Waals surface area contributed by atoms with Crippen LogP contribution in [-0.4, -0.2) is 62.3 Å². The summed E-state index contributed by atoms with van der Waals surface area (Å²) < 4.78 is 10.0. The zero-order valence-corrected chi connectivity index (χ0v) is 12.7. The largest absolute Gasteiger partial charge is 0.467 e. The molecule has 20 heavy (non-hydrogen) atoms. The first-order valence-corrected chi connectivity index (χ1v) is 7.31. The summed E-state index contributed by atoms with van der Waals surface area (Å²) in [6.45, 7) is 6.18. The molecule has 1 fully saturated rings. The van der Waals surface area contributed by atoms with E-state index in [1.165, 1.54) is 7.11 Å². The van der Waals surface area contributed by atoms with Gasteiger partial charge in [0.2, 0.25) is 5.91 Å². The summed E-state index contributed by atoms with van der Waals surface area (Å²) in [6.07, 6.45) is 2.67. The zero-order chi connectivity index (χ0) is 15.0. The van der Waals surface area contributed by atoms with Crippen LogP contribution in [0.1, 0.15) is 33.1 Å². The molecular formula is C14H26N2O4. The van der Waals surface area contributed by atoms with E-state index in [9.17, 15) is 9.59 Å². The highest BCUT2D eigenvalue weighted by Gasteiger charge is 2.31. The number of carbonyl (C=O) groups excluding carboxylic acids is 2. The molecule has 2 unspecified atom stereocenters. The molecule has 1 N–H and O–H groups in total. The smallest absolute Gasteiger partial charge is 0.336 e. The Balaban J connectivity index is 2.39. The summed E-state index contributed by atoms with van der Waals surface area (Å²) in [6, 6.07) is -0.257. The number of methoxy groups -OCH3 is 1. The number of ether oxygens (including phenoxy) is 2. The monoisotopic (exact) mass is 286 g/mol. The van der Waals surface area contributed by atoms with E-state index >= 15 is 0 Å². The average molecular weight is 286 g/mol. The van der Waals surface area contributed by atoms with Crippen LogP contribution in [0.3, 0.4) is 0 Å². The van der Waals surface area contributed by atoms with Crippen LogP contribution in [0.25, 0.3) is 0 Å². The number of carbonyl (C=O) groups is 2. The molecule has 116 valence electrons. The number of nitrogens with one attached hydrogen (secondary N) is 1. The van der Waals surface area contributed by atoms with Gasteiger partial charge in [0.05, 0.1) is 19.8 Å². The number of unbranched alkanes of at least 4 members (excludes halogenated alkanes) is 2. The van der Waals surface area contributed by atoms with E-state index < -0.39 is 6.10 Å². The van der Waals surface area contributed by atoms with Crippen molar-refractivity contribution < 1.29 is 19.1 Å². The van der Waals surface area contributed by atoms with E-state index in [0.717, 1.165) is 19.3 Å². The van der Waals surface area contributed by atoms with E-state index in [1.807, 2.05) is 11.8 Å². The summed E-state index contributed by atoms with van der Waals surface area (Å²) in [5, 5.41) is 2.93. The van der Waals surface area contributed by atoms with Gasteiger partial charge in [0.1, 0.15) is 0 Å². The highest BCUT2D eigenvalue weighted by molar-refractivity contribution is 5.81. The van der Waals surface area contributed by atoms with E-state index in [1.54, 1.807) is 0 Å². The SMILES string of the molecule is CCCCCNC(=O)C(C)N1CCOC(C(=O)OC)C1. The molecule has 0 aromatic heterocycles. The number of morpholine rings is 1. The minimum Gasteiger partial charge on any atom is -0.467 e. The van der Waals surface area contributed by atoms with Crippen molar-refractivity contribution in [3.05, 3.63) is 0 Å². The molecule has 0 aliphatic carbocycles. The van der Waals surface area contributed by atoms with Gasteiger partial charge in [-0.1, -0.05) is 19.8 Å². The van der Waals surface area contributed by atoms with Gasteiger partial charge in [-0.25, -0.2) is 4.79 Å². The number of esters is 1. The molecule has 6 heteroatoms. The highest BCUT2D eigenvalue weighted by Crippen LogP contribution is 2.10. The number of nitrogens with zero attached hydrogens (tertiary/aromatic N) is 1. The van der Waals surface area contributed by atoms with Crippen LogP contribution in [0, 0.1) is 0 Å². The lowest BCUT2D eigenvalue weighted by Crippen LogP contribution is -2.54. The second-order valence-electron chi connectivity index (χ2n) is 5.05. The number of hydrogen-bond acceptors (Lipinski definition) is 5. The normalized spacial score (nSPS) is 21.2. The van der Waals surface area contributed by atoms with Gasteiger partial charge in [-0.2, -0.15) is 0 Å². The second-order valence-corrected chi connectivity index (χ2v) is 5.05. The predicted molar refractivity (Wildman–Crippen MR) is 75.3 cm³/mol. The lowest BCUT2D eigenvalue weighted by atomic mass is 10.2. The van der Waals surface area contributed by atoms with Crippen molar-refractivity contribution in [2.45, 2.75) is 45.3 Å². The van der Waals surface area contributed by atoms with Crippen LogP contribution in [0.2, 0.25) is 0 Å². The molecule has 1 saturated heterocycles. The minimum atomic E-state index is -0.593. The van der Waals surface area contributed by atoms with Crippen molar-refractivity contribution in [3.63, 3.8) is 0 Å². The highest BCUT2D eigenvalue weighted by atomic mass is 16.6. The standard InChI is InChI=1S/C14H26N2O4/c1-4-5-6-7-15-13(17)11(2)16-8-9-20-12(10-16)14(18)19-3/h11-12H,4-10H2,1-3H3,(H,15,17). The van der Waals surface area contributed by atoms with Gasteiger partial charge in [0.15, 0.2) is 6.10 Å². The fraction of sp³-hybridized carbons (Fsp3) is 0.857. The molecule has 1 aliphatic rings. The molecule has 2 atom stereocenters. The molecule has 0 radical (unpaired) electrons. The maximum atomic E-state index is 12.0. The molecule has 0 saturated carbocycles. The number of hydrogen-bond donors (Lipinski definition) is 1. The third-order valence-corrected chi connectivity index (χ3v) is 3.57. The Morgan fingerprint density at radius 3 is 2.85 bits per heavy atom. The number of amides is 1. The molecular weight excluding hydrogens is 260 g/mol. The van der Waals surface area contributed by atoms with Crippen molar-refractivity contribution in [1.82, 2.24) is 10.2 Å². The number of rotatable bonds is 7. The fourth-order valence-corrected chi connectivity index (χ4v) is 2.20.